The van der Waals surface area contributed by atoms with Gasteiger partial charge in [-0.2, -0.15) is 0 Å². The van der Waals surface area contributed by atoms with E-state index in [1.165, 1.54) is 12.1 Å². The molecule has 0 spiro atoms. The Labute approximate surface area is 169 Å². The highest BCUT2D eigenvalue weighted by atomic mass is 79.9. The number of aromatic nitrogens is 2. The molecule has 2 aromatic heterocycles. The van der Waals surface area contributed by atoms with Crippen molar-refractivity contribution < 1.29 is 9.18 Å². The maximum absolute atomic E-state index is 14.0. The van der Waals surface area contributed by atoms with Crippen LogP contribution in [0.5, 0.6) is 0 Å². The molecule has 0 unspecified atom stereocenters. The average Bonchev–Trinajstić information content (AvgIpc) is 2.94. The van der Waals surface area contributed by atoms with Crippen LogP contribution in [0, 0.1) is 16.7 Å². The molecule has 4 rings (SSSR count). The molecule has 4 aromatic rings. The van der Waals surface area contributed by atoms with Gasteiger partial charge in [-0.1, -0.05) is 38.9 Å². The molecule has 0 atom stereocenters. The molecule has 27 heavy (non-hydrogen) atoms. The number of thiazole rings is 1. The van der Waals surface area contributed by atoms with E-state index in [0.717, 1.165) is 16.9 Å². The maximum atomic E-state index is 14.0. The number of fused-ring (bicyclic) bond motifs is 3. The molecule has 2 heterocycles. The van der Waals surface area contributed by atoms with E-state index in [4.69, 9.17) is 12.2 Å². The van der Waals surface area contributed by atoms with Crippen LogP contribution in [0.25, 0.3) is 16.6 Å². The van der Waals surface area contributed by atoms with Crippen LogP contribution in [-0.2, 0) is 0 Å². The molecule has 0 radical (unpaired) electrons. The zero-order chi connectivity index (χ0) is 19.3. The second kappa shape index (κ2) is 6.66. The summed E-state index contributed by atoms with van der Waals surface area (Å²) >= 11 is 9.63. The van der Waals surface area contributed by atoms with E-state index in [2.05, 4.69) is 26.2 Å². The number of aryl methyl sites for hydroxylation is 1. The number of hydrogen-bond donors (Lipinski definition) is 2. The predicted octanol–water partition coefficient (Wildman–Crippen LogP) is 5.03. The van der Waals surface area contributed by atoms with Crippen molar-refractivity contribution in [1.82, 2.24) is 9.38 Å². The maximum Gasteiger partial charge on any atom is 0.269 e. The fourth-order valence-electron chi connectivity index (χ4n) is 2.83. The van der Waals surface area contributed by atoms with Crippen LogP contribution in [0.2, 0.25) is 0 Å². The number of nitrogens with one attached hydrogen (secondary N) is 2. The van der Waals surface area contributed by atoms with Gasteiger partial charge in [-0.25, -0.2) is 4.39 Å². The Morgan fingerprint density at radius 1 is 1.30 bits per heavy atom. The van der Waals surface area contributed by atoms with E-state index < -0.39 is 11.7 Å². The molecule has 0 saturated heterocycles. The first-order chi connectivity index (χ1) is 12.8. The zero-order valence-corrected chi connectivity index (χ0v) is 17.0. The Hall–Kier alpha value is -2.36. The van der Waals surface area contributed by atoms with Crippen molar-refractivity contribution in [3.63, 3.8) is 0 Å². The monoisotopic (exact) mass is 463 g/mol. The highest BCUT2D eigenvalue weighted by Gasteiger charge is 2.19. The van der Waals surface area contributed by atoms with Crippen LogP contribution in [0.15, 0.2) is 45.7 Å². The number of nitrogens with zero attached hydrogens (tertiary/aromatic N) is 1. The SMILES string of the molecule is Cc1ccc2c(c1)c(=O)[nH]c1c(C(=O)Nc3ccc(Br)cc3F)sc(=S)n12. The number of carbonyl (C=O) groups is 1. The molecular formula is C18H11BrFN3O2S2. The minimum absolute atomic E-state index is 0.0411. The minimum Gasteiger partial charge on any atom is -0.319 e. The second-order valence-electron chi connectivity index (χ2n) is 5.93. The lowest BCUT2D eigenvalue weighted by molar-refractivity contribution is 0.103. The van der Waals surface area contributed by atoms with Gasteiger partial charge >= 0.3 is 0 Å². The summed E-state index contributed by atoms with van der Waals surface area (Å²) < 4.78 is 16.7. The Morgan fingerprint density at radius 3 is 2.81 bits per heavy atom. The molecule has 0 aliphatic carbocycles. The van der Waals surface area contributed by atoms with Gasteiger partial charge in [0.2, 0.25) is 0 Å². The van der Waals surface area contributed by atoms with Gasteiger partial charge in [0.05, 0.1) is 16.6 Å². The summed E-state index contributed by atoms with van der Waals surface area (Å²) in [6.07, 6.45) is 0. The first-order valence-electron chi connectivity index (χ1n) is 7.80. The number of rotatable bonds is 2. The Morgan fingerprint density at radius 2 is 2.07 bits per heavy atom. The van der Waals surface area contributed by atoms with Gasteiger partial charge in [-0.3, -0.25) is 14.0 Å². The van der Waals surface area contributed by atoms with Gasteiger partial charge in [0, 0.05) is 4.47 Å². The molecule has 0 aliphatic rings. The van der Waals surface area contributed by atoms with Crippen molar-refractivity contribution in [2.75, 3.05) is 5.32 Å². The summed E-state index contributed by atoms with van der Waals surface area (Å²) in [6, 6.07) is 9.77. The lowest BCUT2D eigenvalue weighted by Gasteiger charge is -2.07. The molecular weight excluding hydrogens is 453 g/mol. The number of carbonyl (C=O) groups excluding carboxylic acids is 1. The Bertz CT molecular complexity index is 1360. The van der Waals surface area contributed by atoms with Crippen molar-refractivity contribution in [3.8, 4) is 0 Å². The summed E-state index contributed by atoms with van der Waals surface area (Å²) in [5.74, 6) is -1.11. The average molecular weight is 464 g/mol. The highest BCUT2D eigenvalue weighted by Crippen LogP contribution is 2.25. The molecule has 0 saturated carbocycles. The molecule has 2 aromatic carbocycles. The molecule has 136 valence electrons. The molecule has 9 heteroatoms. The fourth-order valence-corrected chi connectivity index (χ4v) is 4.44. The van der Waals surface area contributed by atoms with Gasteiger partial charge in [0.15, 0.2) is 3.95 Å². The number of amides is 1. The summed E-state index contributed by atoms with van der Waals surface area (Å²) in [5.41, 5.74) is 1.58. The van der Waals surface area contributed by atoms with E-state index in [1.54, 1.807) is 22.6 Å². The molecule has 2 N–H and O–H groups in total. The van der Waals surface area contributed by atoms with Gasteiger partial charge in [-0.05, 0) is 49.5 Å². The van der Waals surface area contributed by atoms with Crippen molar-refractivity contribution in [2.24, 2.45) is 0 Å². The van der Waals surface area contributed by atoms with Crippen LogP contribution in [0.1, 0.15) is 15.2 Å². The van der Waals surface area contributed by atoms with Crippen LogP contribution in [0.3, 0.4) is 0 Å². The molecule has 0 bridgehead atoms. The van der Waals surface area contributed by atoms with E-state index in [-0.39, 0.29) is 16.1 Å². The fraction of sp³-hybridized carbons (Fsp3) is 0.0556. The number of halogens is 2. The summed E-state index contributed by atoms with van der Waals surface area (Å²) in [7, 11) is 0. The zero-order valence-electron chi connectivity index (χ0n) is 13.8. The third kappa shape index (κ3) is 3.11. The van der Waals surface area contributed by atoms with E-state index in [0.29, 0.717) is 25.0 Å². The number of H-pyrrole nitrogens is 1. The minimum atomic E-state index is -0.570. The molecule has 1 amide bonds. The number of benzene rings is 2. The lowest BCUT2D eigenvalue weighted by atomic mass is 10.1. The molecule has 0 fully saturated rings. The van der Waals surface area contributed by atoms with E-state index in [9.17, 15) is 14.0 Å². The van der Waals surface area contributed by atoms with Gasteiger partial charge in [0.25, 0.3) is 11.5 Å². The summed E-state index contributed by atoms with van der Waals surface area (Å²) in [5, 5.41) is 3.02. The number of hydrogen-bond acceptors (Lipinski definition) is 4. The smallest absolute Gasteiger partial charge is 0.269 e. The van der Waals surface area contributed by atoms with Gasteiger partial charge in [-0.15, -0.1) is 0 Å². The van der Waals surface area contributed by atoms with Gasteiger partial charge in [0.1, 0.15) is 16.3 Å². The Kier molecular flexibility index (Phi) is 4.45. The first kappa shape index (κ1) is 18.0. The van der Waals surface area contributed by atoms with Crippen molar-refractivity contribution in [2.45, 2.75) is 6.92 Å². The lowest BCUT2D eigenvalue weighted by Crippen LogP contribution is -2.15. The summed E-state index contributed by atoms with van der Waals surface area (Å²) in [4.78, 5) is 28.1. The number of anilines is 1. The topological polar surface area (TPSA) is 66.4 Å². The third-order valence-electron chi connectivity index (χ3n) is 4.07. The van der Waals surface area contributed by atoms with Crippen LogP contribution in [0.4, 0.5) is 10.1 Å². The Balaban J connectivity index is 1.89. The van der Waals surface area contributed by atoms with Crippen molar-refractivity contribution in [1.29, 1.82) is 0 Å². The van der Waals surface area contributed by atoms with Crippen molar-refractivity contribution >= 4 is 67.6 Å². The third-order valence-corrected chi connectivity index (χ3v) is 5.93. The van der Waals surface area contributed by atoms with Crippen LogP contribution in [-0.4, -0.2) is 15.3 Å². The predicted molar refractivity (Wildman–Crippen MR) is 111 cm³/mol. The highest BCUT2D eigenvalue weighted by molar-refractivity contribution is 9.10. The largest absolute Gasteiger partial charge is 0.319 e. The van der Waals surface area contributed by atoms with Crippen LogP contribution < -0.4 is 10.9 Å². The van der Waals surface area contributed by atoms with Crippen molar-refractivity contribution in [3.05, 3.63) is 71.4 Å². The van der Waals surface area contributed by atoms with E-state index >= 15 is 0 Å². The summed E-state index contributed by atoms with van der Waals surface area (Å²) in [6.45, 7) is 1.89. The van der Waals surface area contributed by atoms with Gasteiger partial charge < -0.3 is 10.3 Å². The molecule has 0 aliphatic heterocycles. The van der Waals surface area contributed by atoms with E-state index in [1.807, 2.05) is 13.0 Å². The quantitative estimate of drug-likeness (QED) is 0.409. The second-order valence-corrected chi connectivity index (χ2v) is 8.49. The molecule has 5 nitrogen and oxygen atoms in total. The number of aromatic amines is 1. The standard InChI is InChI=1S/C18H11BrFN3O2S2/c1-8-2-5-13-10(6-8)16(24)22-15-14(27-18(26)23(13)15)17(25)21-12-4-3-9(19)7-11(12)20/h2-7H,1H3,(H,21,25)(H,22,24). The normalized spacial score (nSPS) is 11.2. The van der Waals surface area contributed by atoms with Crippen LogP contribution >= 0.6 is 39.5 Å². The first-order valence-corrected chi connectivity index (χ1v) is 9.81.